The number of aromatic nitrogens is 4. The highest BCUT2D eigenvalue weighted by atomic mass is 19.1. The molecule has 1 N–H and O–H groups in total. The maximum Gasteiger partial charge on any atom is 0.247 e. The van der Waals surface area contributed by atoms with E-state index in [1.54, 1.807) is 28.7 Å². The standard InChI is InChI=1S/C20H18FN5O/c1-13-8-19(25(2)24-13)23-20(27)12-26-18-7-6-15(9-16(18)11-22-26)14-4-3-5-17(21)10-14/h3-11H,12H2,1-2H3,(H,23,27). The Morgan fingerprint density at radius 1 is 1.15 bits per heavy atom. The van der Waals surface area contributed by atoms with Crippen LogP contribution in [0.2, 0.25) is 0 Å². The third-order valence-electron chi connectivity index (χ3n) is 4.36. The Hall–Kier alpha value is -3.48. The van der Waals surface area contributed by atoms with Crippen LogP contribution >= 0.6 is 0 Å². The second-order valence-electron chi connectivity index (χ2n) is 6.43. The third kappa shape index (κ3) is 3.44. The van der Waals surface area contributed by atoms with Crippen LogP contribution < -0.4 is 5.32 Å². The van der Waals surface area contributed by atoms with Gasteiger partial charge in [-0.15, -0.1) is 0 Å². The van der Waals surface area contributed by atoms with Crippen LogP contribution in [-0.4, -0.2) is 25.5 Å². The number of anilines is 1. The highest BCUT2D eigenvalue weighted by molar-refractivity contribution is 5.91. The van der Waals surface area contributed by atoms with Gasteiger partial charge in [-0.25, -0.2) is 4.39 Å². The van der Waals surface area contributed by atoms with Crippen molar-refractivity contribution in [2.45, 2.75) is 13.5 Å². The summed E-state index contributed by atoms with van der Waals surface area (Å²) >= 11 is 0. The SMILES string of the molecule is Cc1cc(NC(=O)Cn2ncc3cc(-c4cccc(F)c4)ccc32)n(C)n1. The number of amides is 1. The molecule has 0 radical (unpaired) electrons. The summed E-state index contributed by atoms with van der Waals surface area (Å²) in [6.45, 7) is 1.96. The van der Waals surface area contributed by atoms with Gasteiger partial charge >= 0.3 is 0 Å². The van der Waals surface area contributed by atoms with Crippen LogP contribution in [0, 0.1) is 12.7 Å². The van der Waals surface area contributed by atoms with Crippen molar-refractivity contribution in [3.05, 3.63) is 66.2 Å². The van der Waals surface area contributed by atoms with Crippen LogP contribution in [0.5, 0.6) is 0 Å². The van der Waals surface area contributed by atoms with Crippen molar-refractivity contribution in [1.29, 1.82) is 0 Å². The van der Waals surface area contributed by atoms with Crippen molar-refractivity contribution in [1.82, 2.24) is 19.6 Å². The first-order valence-corrected chi connectivity index (χ1v) is 8.51. The molecule has 27 heavy (non-hydrogen) atoms. The molecule has 0 aliphatic heterocycles. The predicted octanol–water partition coefficient (Wildman–Crippen LogP) is 3.52. The Labute approximate surface area is 155 Å². The number of benzene rings is 2. The van der Waals surface area contributed by atoms with E-state index in [0.29, 0.717) is 5.82 Å². The first-order valence-electron chi connectivity index (χ1n) is 8.51. The number of rotatable bonds is 4. The molecule has 6 nitrogen and oxygen atoms in total. The van der Waals surface area contributed by atoms with Gasteiger partial charge in [0.25, 0.3) is 0 Å². The van der Waals surface area contributed by atoms with E-state index in [0.717, 1.165) is 27.7 Å². The maximum atomic E-state index is 13.5. The second-order valence-corrected chi connectivity index (χ2v) is 6.43. The van der Waals surface area contributed by atoms with E-state index in [2.05, 4.69) is 15.5 Å². The Morgan fingerprint density at radius 2 is 1.96 bits per heavy atom. The van der Waals surface area contributed by atoms with Crippen molar-refractivity contribution < 1.29 is 9.18 Å². The molecular formula is C20H18FN5O. The van der Waals surface area contributed by atoms with Crippen LogP contribution in [-0.2, 0) is 18.4 Å². The summed E-state index contributed by atoms with van der Waals surface area (Å²) in [5, 5.41) is 12.3. The molecule has 0 saturated heterocycles. The first-order chi connectivity index (χ1) is 13.0. The number of carbonyl (C=O) groups excluding carboxylic acids is 1. The van der Waals surface area contributed by atoms with Gasteiger partial charge in [-0.1, -0.05) is 18.2 Å². The fraction of sp³-hybridized carbons (Fsp3) is 0.150. The van der Waals surface area contributed by atoms with Crippen molar-refractivity contribution >= 4 is 22.6 Å². The van der Waals surface area contributed by atoms with Crippen LogP contribution in [0.4, 0.5) is 10.2 Å². The number of hydrogen-bond acceptors (Lipinski definition) is 3. The van der Waals surface area contributed by atoms with E-state index in [1.165, 1.54) is 12.1 Å². The van der Waals surface area contributed by atoms with Crippen LogP contribution in [0.3, 0.4) is 0 Å². The summed E-state index contributed by atoms with van der Waals surface area (Å²) in [6, 6.07) is 14.0. The van der Waals surface area contributed by atoms with Gasteiger partial charge in [-0.2, -0.15) is 10.2 Å². The molecule has 136 valence electrons. The molecule has 1 amide bonds. The number of hydrogen-bond donors (Lipinski definition) is 1. The zero-order chi connectivity index (χ0) is 19.0. The molecule has 4 rings (SSSR count). The van der Waals surface area contributed by atoms with Gasteiger partial charge in [0.1, 0.15) is 18.2 Å². The summed E-state index contributed by atoms with van der Waals surface area (Å²) in [4.78, 5) is 12.4. The Morgan fingerprint density at radius 3 is 2.70 bits per heavy atom. The fourth-order valence-corrected chi connectivity index (χ4v) is 3.11. The summed E-state index contributed by atoms with van der Waals surface area (Å²) < 4.78 is 16.7. The molecule has 0 fully saturated rings. The minimum Gasteiger partial charge on any atom is -0.309 e. The topological polar surface area (TPSA) is 64.7 Å². The summed E-state index contributed by atoms with van der Waals surface area (Å²) in [5.74, 6) is 0.185. The zero-order valence-electron chi connectivity index (χ0n) is 15.0. The molecule has 2 heterocycles. The van der Waals surface area contributed by atoms with Gasteiger partial charge in [0.05, 0.1) is 17.4 Å². The smallest absolute Gasteiger partial charge is 0.247 e. The zero-order valence-corrected chi connectivity index (χ0v) is 15.0. The molecule has 2 aromatic heterocycles. The minimum atomic E-state index is -0.273. The van der Waals surface area contributed by atoms with Gasteiger partial charge < -0.3 is 5.32 Å². The highest BCUT2D eigenvalue weighted by Gasteiger charge is 2.11. The van der Waals surface area contributed by atoms with Gasteiger partial charge in [0.2, 0.25) is 5.91 Å². The Bertz CT molecular complexity index is 1140. The summed E-state index contributed by atoms with van der Waals surface area (Å²) in [7, 11) is 1.78. The highest BCUT2D eigenvalue weighted by Crippen LogP contribution is 2.25. The lowest BCUT2D eigenvalue weighted by Gasteiger charge is -2.07. The second kappa shape index (κ2) is 6.68. The third-order valence-corrected chi connectivity index (χ3v) is 4.36. The van der Waals surface area contributed by atoms with E-state index < -0.39 is 0 Å². The van der Waals surface area contributed by atoms with E-state index in [-0.39, 0.29) is 18.3 Å². The first kappa shape index (κ1) is 17.0. The molecular weight excluding hydrogens is 345 g/mol. The number of carbonyl (C=O) groups is 1. The van der Waals surface area contributed by atoms with Crippen LogP contribution in [0.1, 0.15) is 5.69 Å². The molecule has 2 aromatic carbocycles. The summed E-state index contributed by atoms with van der Waals surface area (Å²) in [5.41, 5.74) is 3.37. The number of halogens is 1. The lowest BCUT2D eigenvalue weighted by Crippen LogP contribution is -2.20. The normalized spacial score (nSPS) is 11.1. The van der Waals surface area contributed by atoms with E-state index in [1.807, 2.05) is 37.3 Å². The maximum absolute atomic E-state index is 13.5. The van der Waals surface area contributed by atoms with Crippen molar-refractivity contribution in [3.8, 4) is 11.1 Å². The van der Waals surface area contributed by atoms with Gasteiger partial charge in [0.15, 0.2) is 0 Å². The van der Waals surface area contributed by atoms with E-state index in [4.69, 9.17) is 0 Å². The van der Waals surface area contributed by atoms with Crippen molar-refractivity contribution in [2.24, 2.45) is 7.05 Å². The average molecular weight is 363 g/mol. The predicted molar refractivity (Wildman–Crippen MR) is 102 cm³/mol. The lowest BCUT2D eigenvalue weighted by molar-refractivity contribution is -0.116. The fourth-order valence-electron chi connectivity index (χ4n) is 3.11. The van der Waals surface area contributed by atoms with Crippen molar-refractivity contribution in [2.75, 3.05) is 5.32 Å². The quantitative estimate of drug-likeness (QED) is 0.603. The van der Waals surface area contributed by atoms with E-state index >= 15 is 0 Å². The molecule has 0 saturated carbocycles. The number of fused-ring (bicyclic) bond motifs is 1. The Kier molecular flexibility index (Phi) is 4.19. The Balaban J connectivity index is 1.56. The molecule has 0 aliphatic rings. The lowest BCUT2D eigenvalue weighted by atomic mass is 10.0. The van der Waals surface area contributed by atoms with Crippen molar-refractivity contribution in [3.63, 3.8) is 0 Å². The van der Waals surface area contributed by atoms with Gasteiger partial charge in [-0.05, 0) is 42.3 Å². The molecule has 0 atom stereocenters. The van der Waals surface area contributed by atoms with Gasteiger partial charge in [0, 0.05) is 18.5 Å². The number of nitrogens with one attached hydrogen (secondary N) is 1. The van der Waals surface area contributed by atoms with E-state index in [9.17, 15) is 9.18 Å². The minimum absolute atomic E-state index is 0.0903. The summed E-state index contributed by atoms with van der Waals surface area (Å²) in [6.07, 6.45) is 1.71. The molecule has 0 bridgehead atoms. The average Bonchev–Trinajstić information content (AvgIpc) is 3.17. The molecule has 0 unspecified atom stereocenters. The molecule has 4 aromatic rings. The number of nitrogens with zero attached hydrogens (tertiary/aromatic N) is 4. The van der Waals surface area contributed by atoms with Crippen LogP contribution in [0.15, 0.2) is 54.7 Å². The largest absolute Gasteiger partial charge is 0.309 e. The molecule has 7 heteroatoms. The van der Waals surface area contributed by atoms with Gasteiger partial charge in [-0.3, -0.25) is 14.2 Å². The molecule has 0 spiro atoms. The number of aryl methyl sites for hydroxylation is 2. The van der Waals surface area contributed by atoms with Crippen LogP contribution in [0.25, 0.3) is 22.0 Å². The monoisotopic (exact) mass is 363 g/mol. The molecule has 0 aliphatic carbocycles.